The second kappa shape index (κ2) is 5.71. The summed E-state index contributed by atoms with van der Waals surface area (Å²) in [5, 5.41) is 2.73. The fourth-order valence-corrected chi connectivity index (χ4v) is 3.88. The highest BCUT2D eigenvalue weighted by Gasteiger charge is 2.27. The first kappa shape index (κ1) is 14.0. The lowest BCUT2D eigenvalue weighted by atomic mass is 10.1. The monoisotopic (exact) mass is 282 g/mol. The van der Waals surface area contributed by atoms with Crippen LogP contribution in [0.2, 0.25) is 0 Å². The van der Waals surface area contributed by atoms with Gasteiger partial charge in [0.05, 0.1) is 11.5 Å². The van der Waals surface area contributed by atoms with Gasteiger partial charge in [-0.15, -0.1) is 0 Å². The molecular formula is C13H18N2O3S. The van der Waals surface area contributed by atoms with Gasteiger partial charge in [-0.05, 0) is 18.4 Å². The molecule has 0 aliphatic carbocycles. The molecule has 2 rings (SSSR count). The number of amides is 1. The van der Waals surface area contributed by atoms with E-state index in [1.54, 1.807) is 12.1 Å². The Morgan fingerprint density at radius 2 is 2.00 bits per heavy atom. The van der Waals surface area contributed by atoms with Crippen LogP contribution >= 0.6 is 0 Å². The number of carbonyl (C=O) groups is 1. The van der Waals surface area contributed by atoms with Crippen molar-refractivity contribution in [3.63, 3.8) is 0 Å². The SMILES string of the molecule is N[C@H](C(=O)NC1CCCS(=O)(=O)C1)c1ccccc1. The molecule has 1 unspecified atom stereocenters. The zero-order valence-electron chi connectivity index (χ0n) is 10.6. The first-order valence-electron chi connectivity index (χ1n) is 6.29. The van der Waals surface area contributed by atoms with Gasteiger partial charge >= 0.3 is 0 Å². The van der Waals surface area contributed by atoms with E-state index < -0.39 is 15.9 Å². The van der Waals surface area contributed by atoms with E-state index in [2.05, 4.69) is 5.32 Å². The Kier molecular flexibility index (Phi) is 4.21. The summed E-state index contributed by atoms with van der Waals surface area (Å²) in [6.45, 7) is 0. The van der Waals surface area contributed by atoms with E-state index in [4.69, 9.17) is 5.73 Å². The van der Waals surface area contributed by atoms with Crippen LogP contribution < -0.4 is 11.1 Å². The minimum Gasteiger partial charge on any atom is -0.351 e. The number of nitrogens with two attached hydrogens (primary N) is 1. The predicted molar refractivity (Wildman–Crippen MR) is 73.2 cm³/mol. The van der Waals surface area contributed by atoms with Gasteiger partial charge in [0.1, 0.15) is 6.04 Å². The lowest BCUT2D eigenvalue weighted by molar-refractivity contribution is -0.123. The van der Waals surface area contributed by atoms with Gasteiger partial charge in [-0.1, -0.05) is 30.3 Å². The minimum absolute atomic E-state index is 0.0141. The van der Waals surface area contributed by atoms with Crippen LogP contribution in [0.4, 0.5) is 0 Å². The minimum atomic E-state index is -3.02. The van der Waals surface area contributed by atoms with Crippen molar-refractivity contribution < 1.29 is 13.2 Å². The average Bonchev–Trinajstić information content (AvgIpc) is 2.37. The highest BCUT2D eigenvalue weighted by molar-refractivity contribution is 7.91. The largest absolute Gasteiger partial charge is 0.351 e. The van der Waals surface area contributed by atoms with Crippen molar-refractivity contribution in [2.75, 3.05) is 11.5 Å². The lowest BCUT2D eigenvalue weighted by Crippen LogP contribution is -2.46. The van der Waals surface area contributed by atoms with E-state index >= 15 is 0 Å². The number of carbonyl (C=O) groups excluding carboxylic acids is 1. The number of rotatable bonds is 3. The molecule has 1 amide bonds. The Labute approximate surface area is 113 Å². The van der Waals surface area contributed by atoms with E-state index in [0.29, 0.717) is 12.8 Å². The van der Waals surface area contributed by atoms with E-state index in [-0.39, 0.29) is 23.5 Å². The highest BCUT2D eigenvalue weighted by atomic mass is 32.2. The van der Waals surface area contributed by atoms with E-state index in [0.717, 1.165) is 5.56 Å². The summed E-state index contributed by atoms with van der Waals surface area (Å²) < 4.78 is 23.0. The van der Waals surface area contributed by atoms with E-state index in [1.165, 1.54) is 0 Å². The van der Waals surface area contributed by atoms with Crippen LogP contribution in [0.5, 0.6) is 0 Å². The van der Waals surface area contributed by atoms with Crippen LogP contribution in [0.3, 0.4) is 0 Å². The zero-order valence-corrected chi connectivity index (χ0v) is 11.4. The Hall–Kier alpha value is -1.40. The molecule has 0 radical (unpaired) electrons. The van der Waals surface area contributed by atoms with Gasteiger partial charge in [0.15, 0.2) is 9.84 Å². The normalized spacial score (nSPS) is 23.5. The van der Waals surface area contributed by atoms with Crippen molar-refractivity contribution in [3.05, 3.63) is 35.9 Å². The molecule has 1 fully saturated rings. The molecule has 0 bridgehead atoms. The summed E-state index contributed by atoms with van der Waals surface area (Å²) in [5.41, 5.74) is 6.58. The number of sulfone groups is 1. The summed E-state index contributed by atoms with van der Waals surface area (Å²) in [4.78, 5) is 12.0. The summed E-state index contributed by atoms with van der Waals surface area (Å²) in [5.74, 6) is -0.0991. The first-order chi connectivity index (χ1) is 8.98. The molecule has 5 nitrogen and oxygen atoms in total. The predicted octanol–water partition coefficient (Wildman–Crippen LogP) is 0.380. The first-order valence-corrected chi connectivity index (χ1v) is 8.11. The maximum atomic E-state index is 12.0. The van der Waals surface area contributed by atoms with Gasteiger partial charge in [-0.2, -0.15) is 0 Å². The molecule has 2 atom stereocenters. The lowest BCUT2D eigenvalue weighted by Gasteiger charge is -2.24. The summed E-state index contributed by atoms with van der Waals surface area (Å²) >= 11 is 0. The van der Waals surface area contributed by atoms with Crippen molar-refractivity contribution in [2.24, 2.45) is 5.73 Å². The van der Waals surface area contributed by atoms with Gasteiger partial charge in [0.2, 0.25) is 5.91 Å². The molecule has 1 aromatic rings. The molecule has 0 saturated carbocycles. The van der Waals surface area contributed by atoms with Crippen molar-refractivity contribution >= 4 is 15.7 Å². The molecule has 104 valence electrons. The van der Waals surface area contributed by atoms with Crippen LogP contribution in [-0.2, 0) is 14.6 Å². The second-order valence-electron chi connectivity index (χ2n) is 4.85. The molecule has 1 aliphatic heterocycles. The number of hydrogen-bond acceptors (Lipinski definition) is 4. The van der Waals surface area contributed by atoms with Crippen molar-refractivity contribution in [3.8, 4) is 0 Å². The maximum absolute atomic E-state index is 12.0. The third-order valence-corrected chi connectivity index (χ3v) is 5.07. The Morgan fingerprint density at radius 3 is 2.63 bits per heavy atom. The molecule has 6 heteroatoms. The Morgan fingerprint density at radius 1 is 1.32 bits per heavy atom. The smallest absolute Gasteiger partial charge is 0.241 e. The number of hydrogen-bond donors (Lipinski definition) is 2. The number of nitrogens with one attached hydrogen (secondary N) is 1. The quantitative estimate of drug-likeness (QED) is 0.838. The van der Waals surface area contributed by atoms with Gasteiger partial charge in [0.25, 0.3) is 0 Å². The molecule has 1 aliphatic rings. The fourth-order valence-electron chi connectivity index (χ4n) is 2.24. The molecular weight excluding hydrogens is 264 g/mol. The number of benzene rings is 1. The molecule has 1 heterocycles. The van der Waals surface area contributed by atoms with Gasteiger partial charge in [-0.25, -0.2) is 8.42 Å². The Balaban J connectivity index is 1.98. The van der Waals surface area contributed by atoms with Crippen molar-refractivity contribution in [2.45, 2.75) is 24.9 Å². The molecule has 0 spiro atoms. The topological polar surface area (TPSA) is 89.3 Å². The average molecular weight is 282 g/mol. The summed E-state index contributed by atoms with van der Waals surface area (Å²) in [6.07, 6.45) is 1.28. The third kappa shape index (κ3) is 3.78. The van der Waals surface area contributed by atoms with Crippen LogP contribution in [-0.4, -0.2) is 31.9 Å². The van der Waals surface area contributed by atoms with Gasteiger partial charge in [0, 0.05) is 6.04 Å². The molecule has 3 N–H and O–H groups in total. The third-order valence-electron chi connectivity index (χ3n) is 3.25. The van der Waals surface area contributed by atoms with Crippen molar-refractivity contribution in [1.82, 2.24) is 5.32 Å². The zero-order chi connectivity index (χ0) is 13.9. The van der Waals surface area contributed by atoms with E-state index in [9.17, 15) is 13.2 Å². The molecule has 0 aromatic heterocycles. The second-order valence-corrected chi connectivity index (χ2v) is 7.08. The summed E-state index contributed by atoms with van der Waals surface area (Å²) in [7, 11) is -3.02. The molecule has 1 saturated heterocycles. The fraction of sp³-hybridized carbons (Fsp3) is 0.462. The maximum Gasteiger partial charge on any atom is 0.241 e. The highest BCUT2D eigenvalue weighted by Crippen LogP contribution is 2.14. The molecule has 19 heavy (non-hydrogen) atoms. The summed E-state index contributed by atoms with van der Waals surface area (Å²) in [6, 6.07) is 7.96. The van der Waals surface area contributed by atoms with Crippen LogP contribution in [0.15, 0.2) is 30.3 Å². The van der Waals surface area contributed by atoms with Crippen LogP contribution in [0, 0.1) is 0 Å². The van der Waals surface area contributed by atoms with Crippen molar-refractivity contribution in [1.29, 1.82) is 0 Å². The Bertz CT molecular complexity index is 542. The molecule has 1 aromatic carbocycles. The standard InChI is InChI=1S/C13H18N2O3S/c14-12(10-5-2-1-3-6-10)13(16)15-11-7-4-8-19(17,18)9-11/h1-3,5-6,11-12H,4,7-9,14H2,(H,15,16)/t11?,12-/m0/s1. The van der Waals surface area contributed by atoms with E-state index in [1.807, 2.05) is 18.2 Å². The van der Waals surface area contributed by atoms with Crippen LogP contribution in [0.1, 0.15) is 24.4 Å². The van der Waals surface area contributed by atoms with Gasteiger partial charge < -0.3 is 11.1 Å². The van der Waals surface area contributed by atoms with Crippen LogP contribution in [0.25, 0.3) is 0 Å². The van der Waals surface area contributed by atoms with Gasteiger partial charge in [-0.3, -0.25) is 4.79 Å².